The number of benzene rings is 2. The fourth-order valence-electron chi connectivity index (χ4n) is 3.05. The van der Waals surface area contributed by atoms with Gasteiger partial charge in [0.1, 0.15) is 5.75 Å². The van der Waals surface area contributed by atoms with Gasteiger partial charge in [-0.1, -0.05) is 13.0 Å². The molecule has 29 heavy (non-hydrogen) atoms. The van der Waals surface area contributed by atoms with Crippen LogP contribution in [0.2, 0.25) is 0 Å². The fourth-order valence-corrected chi connectivity index (χ4v) is 3.05. The molecule has 0 spiro atoms. The van der Waals surface area contributed by atoms with Crippen molar-refractivity contribution in [2.75, 3.05) is 18.2 Å². The molecule has 0 unspecified atom stereocenters. The van der Waals surface area contributed by atoms with Gasteiger partial charge >= 0.3 is 6.18 Å². The number of methoxy groups -OCH3 is 1. The van der Waals surface area contributed by atoms with Crippen LogP contribution in [0, 0.1) is 0 Å². The van der Waals surface area contributed by atoms with Crippen molar-refractivity contribution in [2.24, 2.45) is 0 Å². The van der Waals surface area contributed by atoms with Crippen molar-refractivity contribution in [3.63, 3.8) is 0 Å². The number of aromatic nitrogens is 2. The maximum Gasteiger partial charge on any atom is 0.419 e. The Morgan fingerprint density at radius 2 is 2.00 bits per heavy atom. The molecule has 0 aliphatic heterocycles. The predicted molar refractivity (Wildman–Crippen MR) is 104 cm³/mol. The minimum Gasteiger partial charge on any atom is -0.496 e. The lowest BCUT2D eigenvalue weighted by atomic mass is 9.93. The van der Waals surface area contributed by atoms with E-state index in [1.54, 1.807) is 25.4 Å². The Labute approximate surface area is 164 Å². The van der Waals surface area contributed by atoms with Gasteiger partial charge in [-0.05, 0) is 29.8 Å². The highest BCUT2D eigenvalue weighted by atomic mass is 19.4. The second kappa shape index (κ2) is 7.86. The van der Waals surface area contributed by atoms with Crippen molar-refractivity contribution in [1.82, 2.24) is 10.2 Å². The van der Waals surface area contributed by atoms with Gasteiger partial charge in [0.25, 0.3) is 0 Å². The standard InChI is InChI=1S/C20H19F3N4O2/c1-3-17(28)27-15-7-6-14(24)19(20(21,22)23)18(15)11-4-5-13(16(8-11)29-2)12-9-25-26-10-12/h4-10H,3,24H2,1-2H3,(H,25,26)(H,27,28). The number of alkyl halides is 3. The first-order valence-electron chi connectivity index (χ1n) is 8.73. The van der Waals surface area contributed by atoms with Gasteiger partial charge in [-0.3, -0.25) is 9.89 Å². The Bertz CT molecular complexity index is 1030. The number of carbonyl (C=O) groups is 1. The highest BCUT2D eigenvalue weighted by Crippen LogP contribution is 2.46. The van der Waals surface area contributed by atoms with Crippen molar-refractivity contribution in [3.05, 3.63) is 48.3 Å². The second-order valence-corrected chi connectivity index (χ2v) is 6.25. The molecule has 152 valence electrons. The van der Waals surface area contributed by atoms with Gasteiger partial charge in [0.15, 0.2) is 0 Å². The lowest BCUT2D eigenvalue weighted by molar-refractivity contribution is -0.136. The Kier molecular flexibility index (Phi) is 5.49. The zero-order valence-electron chi connectivity index (χ0n) is 15.7. The largest absolute Gasteiger partial charge is 0.496 e. The van der Waals surface area contributed by atoms with E-state index in [-0.39, 0.29) is 23.2 Å². The summed E-state index contributed by atoms with van der Waals surface area (Å²) < 4.78 is 46.9. The number of anilines is 2. The molecule has 0 aliphatic carbocycles. The average molecular weight is 404 g/mol. The lowest BCUT2D eigenvalue weighted by Gasteiger charge is -2.20. The van der Waals surface area contributed by atoms with Gasteiger partial charge < -0.3 is 15.8 Å². The van der Waals surface area contributed by atoms with Crippen LogP contribution in [0.1, 0.15) is 18.9 Å². The van der Waals surface area contributed by atoms with E-state index in [2.05, 4.69) is 15.5 Å². The molecule has 0 fully saturated rings. The number of aromatic amines is 1. The number of halogens is 3. The molecule has 0 bridgehead atoms. The smallest absolute Gasteiger partial charge is 0.419 e. The van der Waals surface area contributed by atoms with Crippen molar-refractivity contribution >= 4 is 17.3 Å². The number of nitrogen functional groups attached to an aromatic ring is 1. The first kappa shape index (κ1) is 20.2. The maximum atomic E-state index is 13.8. The molecule has 6 nitrogen and oxygen atoms in total. The fraction of sp³-hybridized carbons (Fsp3) is 0.200. The van der Waals surface area contributed by atoms with E-state index in [0.717, 1.165) is 11.6 Å². The average Bonchev–Trinajstić information content (AvgIpc) is 3.22. The monoisotopic (exact) mass is 404 g/mol. The van der Waals surface area contributed by atoms with E-state index >= 15 is 0 Å². The molecule has 1 heterocycles. The topological polar surface area (TPSA) is 93.0 Å². The number of nitrogens with zero attached hydrogens (tertiary/aromatic N) is 1. The normalized spacial score (nSPS) is 11.3. The van der Waals surface area contributed by atoms with E-state index in [1.807, 2.05) is 0 Å². The summed E-state index contributed by atoms with van der Waals surface area (Å²) in [5.41, 5.74) is 5.63. The third-order valence-corrected chi connectivity index (χ3v) is 4.42. The molecule has 0 atom stereocenters. The number of H-pyrrole nitrogens is 1. The Morgan fingerprint density at radius 1 is 1.24 bits per heavy atom. The molecule has 0 aliphatic rings. The van der Waals surface area contributed by atoms with E-state index in [9.17, 15) is 18.0 Å². The minimum atomic E-state index is -4.72. The van der Waals surface area contributed by atoms with Crippen LogP contribution in [0.4, 0.5) is 24.5 Å². The molecule has 1 amide bonds. The zero-order valence-corrected chi connectivity index (χ0v) is 15.7. The number of ether oxygens (including phenoxy) is 1. The molecule has 9 heteroatoms. The van der Waals surface area contributed by atoms with Crippen molar-refractivity contribution in [2.45, 2.75) is 19.5 Å². The minimum absolute atomic E-state index is 0.0245. The number of hydrogen-bond donors (Lipinski definition) is 3. The maximum absolute atomic E-state index is 13.8. The summed E-state index contributed by atoms with van der Waals surface area (Å²) in [4.78, 5) is 11.9. The molecule has 0 saturated carbocycles. The lowest BCUT2D eigenvalue weighted by Crippen LogP contribution is -2.16. The van der Waals surface area contributed by atoms with E-state index in [0.29, 0.717) is 11.3 Å². The van der Waals surface area contributed by atoms with Crippen molar-refractivity contribution < 1.29 is 22.7 Å². The Hall–Kier alpha value is -3.49. The summed E-state index contributed by atoms with van der Waals surface area (Å²) >= 11 is 0. The second-order valence-electron chi connectivity index (χ2n) is 6.25. The molecule has 3 aromatic rings. The third-order valence-electron chi connectivity index (χ3n) is 4.42. The molecular formula is C20H19F3N4O2. The molecule has 2 aromatic carbocycles. The van der Waals surface area contributed by atoms with Crippen LogP contribution in [0.25, 0.3) is 22.3 Å². The molecule has 3 rings (SSSR count). The summed E-state index contributed by atoms with van der Waals surface area (Å²) in [5.74, 6) is -0.0571. The van der Waals surface area contributed by atoms with Gasteiger partial charge in [0.05, 0.1) is 18.9 Å². The van der Waals surface area contributed by atoms with Crippen LogP contribution in [-0.4, -0.2) is 23.2 Å². The number of carbonyl (C=O) groups excluding carboxylic acids is 1. The van der Waals surface area contributed by atoms with E-state index in [4.69, 9.17) is 10.5 Å². The summed E-state index contributed by atoms with van der Waals surface area (Å²) in [6.07, 6.45) is -1.38. The first-order valence-corrected chi connectivity index (χ1v) is 8.73. The van der Waals surface area contributed by atoms with Gasteiger partial charge in [-0.25, -0.2) is 0 Å². The first-order chi connectivity index (χ1) is 13.8. The number of amides is 1. The van der Waals surface area contributed by atoms with Gasteiger partial charge in [-0.15, -0.1) is 0 Å². The molecule has 1 aromatic heterocycles. The van der Waals surface area contributed by atoms with Gasteiger partial charge in [-0.2, -0.15) is 18.3 Å². The van der Waals surface area contributed by atoms with Gasteiger partial charge in [0, 0.05) is 40.7 Å². The van der Waals surface area contributed by atoms with E-state index < -0.39 is 23.3 Å². The number of rotatable bonds is 5. The molecule has 0 saturated heterocycles. The van der Waals surface area contributed by atoms with Crippen LogP contribution < -0.4 is 15.8 Å². The molecule has 0 radical (unpaired) electrons. The van der Waals surface area contributed by atoms with E-state index in [1.165, 1.54) is 25.3 Å². The van der Waals surface area contributed by atoms with Crippen LogP contribution in [-0.2, 0) is 11.0 Å². The number of nitrogens with one attached hydrogen (secondary N) is 2. The van der Waals surface area contributed by atoms with Crippen LogP contribution >= 0.6 is 0 Å². The number of hydrogen-bond acceptors (Lipinski definition) is 4. The molecular weight excluding hydrogens is 385 g/mol. The number of nitrogens with two attached hydrogens (primary N) is 1. The van der Waals surface area contributed by atoms with Gasteiger partial charge in [0.2, 0.25) is 5.91 Å². The SMILES string of the molecule is CCC(=O)Nc1ccc(N)c(C(F)(F)F)c1-c1ccc(-c2cn[nH]c2)c(OC)c1. The van der Waals surface area contributed by atoms with Crippen molar-refractivity contribution in [3.8, 4) is 28.0 Å². The summed E-state index contributed by atoms with van der Waals surface area (Å²) in [5, 5.41) is 9.08. The summed E-state index contributed by atoms with van der Waals surface area (Å²) in [6, 6.07) is 7.14. The Morgan fingerprint density at radius 3 is 2.59 bits per heavy atom. The Balaban J connectivity index is 2.25. The summed E-state index contributed by atoms with van der Waals surface area (Å²) in [7, 11) is 1.42. The van der Waals surface area contributed by atoms with Crippen LogP contribution in [0.5, 0.6) is 5.75 Å². The molecule has 4 N–H and O–H groups in total. The highest BCUT2D eigenvalue weighted by Gasteiger charge is 2.37. The highest BCUT2D eigenvalue weighted by molar-refractivity contribution is 5.98. The van der Waals surface area contributed by atoms with Crippen LogP contribution in [0.15, 0.2) is 42.7 Å². The quantitative estimate of drug-likeness (QED) is 0.537. The summed E-state index contributed by atoms with van der Waals surface area (Å²) in [6.45, 7) is 1.61. The predicted octanol–water partition coefficient (Wildman–Crippen LogP) is 4.70. The third kappa shape index (κ3) is 4.03. The van der Waals surface area contributed by atoms with Crippen molar-refractivity contribution in [1.29, 1.82) is 0 Å². The zero-order chi connectivity index (χ0) is 21.2. The van der Waals surface area contributed by atoms with Crippen LogP contribution in [0.3, 0.4) is 0 Å².